The number of rotatable bonds is 4. The number of likely N-dealkylation sites (tertiary alicyclic amines) is 1. The van der Waals surface area contributed by atoms with Crippen molar-refractivity contribution in [3.05, 3.63) is 65.2 Å². The van der Waals surface area contributed by atoms with Gasteiger partial charge < -0.3 is 15.0 Å². The SMILES string of the molecule is O=C(Nc1ccc(Cl)cc1)[C@H]1[C@H]2C(=O)N(C[C@@H]3CCCO3)C(=O)[C@@H]2[C@H]2C=Cc3ccccc3N21. The lowest BCUT2D eigenvalue weighted by Gasteiger charge is -2.36. The molecule has 3 amide bonds. The number of anilines is 2. The Labute approximate surface area is 202 Å². The van der Waals surface area contributed by atoms with Gasteiger partial charge in [-0.3, -0.25) is 19.3 Å². The fourth-order valence-electron chi connectivity index (χ4n) is 5.80. The molecule has 8 heteroatoms. The average Bonchev–Trinajstić information content (AvgIpc) is 3.54. The molecular formula is C26H24ClN3O4. The summed E-state index contributed by atoms with van der Waals surface area (Å²) < 4.78 is 5.69. The molecule has 5 atom stereocenters. The number of nitrogens with zero attached hydrogens (tertiary/aromatic N) is 2. The monoisotopic (exact) mass is 477 g/mol. The number of carbonyl (C=O) groups is 3. The van der Waals surface area contributed by atoms with E-state index in [0.717, 1.165) is 24.1 Å². The Kier molecular flexibility index (Phi) is 5.19. The number of hydrogen-bond acceptors (Lipinski definition) is 5. The molecule has 0 bridgehead atoms. The first-order valence-electron chi connectivity index (χ1n) is 11.6. The zero-order chi connectivity index (χ0) is 23.4. The number of hydrogen-bond donors (Lipinski definition) is 1. The highest BCUT2D eigenvalue weighted by Crippen LogP contribution is 2.48. The van der Waals surface area contributed by atoms with Crippen molar-refractivity contribution in [2.24, 2.45) is 11.8 Å². The Morgan fingerprint density at radius 1 is 1.06 bits per heavy atom. The van der Waals surface area contributed by atoms with Gasteiger partial charge in [0.05, 0.1) is 30.5 Å². The maximum absolute atomic E-state index is 13.7. The highest BCUT2D eigenvalue weighted by Gasteiger charge is 2.64. The van der Waals surface area contributed by atoms with Crippen molar-refractivity contribution in [3.8, 4) is 0 Å². The molecule has 1 N–H and O–H groups in total. The summed E-state index contributed by atoms with van der Waals surface area (Å²) >= 11 is 5.99. The van der Waals surface area contributed by atoms with Crippen LogP contribution in [-0.4, -0.2) is 54.0 Å². The van der Waals surface area contributed by atoms with Crippen LogP contribution in [0.2, 0.25) is 5.02 Å². The van der Waals surface area contributed by atoms with Crippen molar-refractivity contribution in [2.75, 3.05) is 23.4 Å². The van der Waals surface area contributed by atoms with Crippen LogP contribution >= 0.6 is 11.6 Å². The second-order valence-electron chi connectivity index (χ2n) is 9.23. The zero-order valence-electron chi connectivity index (χ0n) is 18.4. The van der Waals surface area contributed by atoms with E-state index in [1.807, 2.05) is 41.3 Å². The highest BCUT2D eigenvalue weighted by atomic mass is 35.5. The predicted molar refractivity (Wildman–Crippen MR) is 128 cm³/mol. The molecule has 0 aromatic heterocycles. The third kappa shape index (κ3) is 3.34. The van der Waals surface area contributed by atoms with E-state index >= 15 is 0 Å². The molecule has 34 heavy (non-hydrogen) atoms. The molecule has 0 unspecified atom stereocenters. The molecule has 0 saturated carbocycles. The summed E-state index contributed by atoms with van der Waals surface area (Å²) in [6.45, 7) is 0.902. The van der Waals surface area contributed by atoms with Gasteiger partial charge in [-0.25, -0.2) is 0 Å². The molecular weight excluding hydrogens is 454 g/mol. The van der Waals surface area contributed by atoms with Gasteiger partial charge in [0.15, 0.2) is 0 Å². The standard InChI is InChI=1S/C26H24ClN3O4/c27-16-8-10-17(11-9-16)28-24(31)23-22-21(20-12-7-15-4-1-2-6-19(15)30(20)23)25(32)29(26(22)33)14-18-5-3-13-34-18/h1-2,4,6-12,18,20-23H,3,5,13-14H2,(H,28,31)/t18-,20+,21+,22-,23+/m0/s1. The van der Waals surface area contributed by atoms with Crippen molar-refractivity contribution >= 4 is 46.8 Å². The maximum Gasteiger partial charge on any atom is 0.247 e. The van der Waals surface area contributed by atoms with E-state index in [9.17, 15) is 14.4 Å². The minimum Gasteiger partial charge on any atom is -0.376 e. The van der Waals surface area contributed by atoms with Gasteiger partial charge in [0.25, 0.3) is 0 Å². The van der Waals surface area contributed by atoms with Crippen LogP contribution in [0.15, 0.2) is 54.6 Å². The molecule has 4 heterocycles. The number of ether oxygens (including phenoxy) is 1. The molecule has 174 valence electrons. The van der Waals surface area contributed by atoms with Crippen molar-refractivity contribution < 1.29 is 19.1 Å². The fraction of sp³-hybridized carbons (Fsp3) is 0.346. The highest BCUT2D eigenvalue weighted by molar-refractivity contribution is 6.30. The smallest absolute Gasteiger partial charge is 0.247 e. The van der Waals surface area contributed by atoms with Crippen LogP contribution in [-0.2, 0) is 19.1 Å². The van der Waals surface area contributed by atoms with Gasteiger partial charge in [0.2, 0.25) is 17.7 Å². The first-order chi connectivity index (χ1) is 16.5. The van der Waals surface area contributed by atoms with Crippen molar-refractivity contribution in [3.63, 3.8) is 0 Å². The summed E-state index contributed by atoms with van der Waals surface area (Å²) in [6.07, 6.45) is 5.56. The number of amides is 3. The third-order valence-corrected chi connectivity index (χ3v) is 7.55. The molecule has 3 saturated heterocycles. The Hall–Kier alpha value is -3.16. The summed E-state index contributed by atoms with van der Waals surface area (Å²) in [5.74, 6) is -2.19. The summed E-state index contributed by atoms with van der Waals surface area (Å²) in [6, 6.07) is 13.4. The van der Waals surface area contributed by atoms with E-state index in [4.69, 9.17) is 16.3 Å². The first kappa shape index (κ1) is 21.4. The van der Waals surface area contributed by atoms with Gasteiger partial charge >= 0.3 is 0 Å². The minimum atomic E-state index is -0.817. The zero-order valence-corrected chi connectivity index (χ0v) is 19.1. The van der Waals surface area contributed by atoms with Gasteiger partial charge in [-0.2, -0.15) is 0 Å². The molecule has 6 rings (SSSR count). The molecule has 0 radical (unpaired) electrons. The molecule has 4 aliphatic heterocycles. The van der Waals surface area contributed by atoms with E-state index in [0.29, 0.717) is 17.3 Å². The molecule has 2 aromatic rings. The molecule has 0 spiro atoms. The van der Waals surface area contributed by atoms with Crippen LogP contribution in [0.5, 0.6) is 0 Å². The quantitative estimate of drug-likeness (QED) is 0.683. The van der Waals surface area contributed by atoms with Gasteiger partial charge in [0.1, 0.15) is 6.04 Å². The lowest BCUT2D eigenvalue weighted by Crippen LogP contribution is -2.51. The topological polar surface area (TPSA) is 79.0 Å². The second kappa shape index (κ2) is 8.25. The summed E-state index contributed by atoms with van der Waals surface area (Å²) in [7, 11) is 0. The second-order valence-corrected chi connectivity index (χ2v) is 9.67. The van der Waals surface area contributed by atoms with Crippen molar-refractivity contribution in [1.29, 1.82) is 0 Å². The molecule has 3 fully saturated rings. The van der Waals surface area contributed by atoms with Crippen molar-refractivity contribution in [1.82, 2.24) is 4.90 Å². The summed E-state index contributed by atoms with van der Waals surface area (Å²) in [4.78, 5) is 44.2. The van der Waals surface area contributed by atoms with E-state index in [-0.39, 0.29) is 36.4 Å². The van der Waals surface area contributed by atoms with E-state index < -0.39 is 17.9 Å². The minimum absolute atomic E-state index is 0.133. The van der Waals surface area contributed by atoms with Crippen LogP contribution in [0, 0.1) is 11.8 Å². The lowest BCUT2D eigenvalue weighted by atomic mass is 9.88. The summed E-state index contributed by atoms with van der Waals surface area (Å²) in [5.41, 5.74) is 2.40. The Balaban J connectivity index is 1.37. The average molecular weight is 478 g/mol. The number of benzene rings is 2. The lowest BCUT2D eigenvalue weighted by molar-refractivity contribution is -0.142. The largest absolute Gasteiger partial charge is 0.376 e. The number of fused-ring (bicyclic) bond motifs is 5. The molecule has 4 aliphatic rings. The van der Waals surface area contributed by atoms with Crippen LogP contribution in [0.1, 0.15) is 18.4 Å². The Morgan fingerprint density at radius 3 is 2.59 bits per heavy atom. The first-order valence-corrected chi connectivity index (χ1v) is 12.0. The molecule has 0 aliphatic carbocycles. The number of imide groups is 1. The van der Waals surface area contributed by atoms with Gasteiger partial charge in [-0.1, -0.05) is 42.0 Å². The normalized spacial score (nSPS) is 29.3. The van der Waals surface area contributed by atoms with Crippen LogP contribution in [0.25, 0.3) is 6.08 Å². The van der Waals surface area contributed by atoms with Crippen LogP contribution in [0.3, 0.4) is 0 Å². The Bertz CT molecular complexity index is 1190. The predicted octanol–water partition coefficient (Wildman–Crippen LogP) is 3.34. The fourth-order valence-corrected chi connectivity index (χ4v) is 5.92. The van der Waals surface area contributed by atoms with E-state index in [2.05, 4.69) is 5.32 Å². The van der Waals surface area contributed by atoms with E-state index in [1.54, 1.807) is 24.3 Å². The van der Waals surface area contributed by atoms with E-state index in [1.165, 1.54) is 4.90 Å². The number of carbonyl (C=O) groups excluding carboxylic acids is 3. The number of para-hydroxylation sites is 1. The van der Waals surface area contributed by atoms with Gasteiger partial charge in [-0.05, 0) is 48.7 Å². The summed E-state index contributed by atoms with van der Waals surface area (Å²) in [5, 5.41) is 3.51. The number of halogens is 1. The molecule has 2 aromatic carbocycles. The molecule has 7 nitrogen and oxygen atoms in total. The van der Waals surface area contributed by atoms with Gasteiger partial charge in [-0.15, -0.1) is 0 Å². The number of nitrogens with one attached hydrogen (secondary N) is 1. The maximum atomic E-state index is 13.7. The van der Waals surface area contributed by atoms with Gasteiger partial charge in [0, 0.05) is 23.0 Å². The van der Waals surface area contributed by atoms with Crippen LogP contribution < -0.4 is 10.2 Å². The van der Waals surface area contributed by atoms with Crippen LogP contribution in [0.4, 0.5) is 11.4 Å². The third-order valence-electron chi connectivity index (χ3n) is 7.30. The van der Waals surface area contributed by atoms with Crippen molar-refractivity contribution in [2.45, 2.75) is 31.0 Å². The Morgan fingerprint density at radius 2 is 1.82 bits per heavy atom.